The number of hydrazone groups is 1. The molecule has 2 aromatic rings. The summed E-state index contributed by atoms with van der Waals surface area (Å²) in [6.45, 7) is 3.49. The number of rotatable bonds is 8. The van der Waals surface area contributed by atoms with Gasteiger partial charge in [-0.3, -0.25) is 14.9 Å². The summed E-state index contributed by atoms with van der Waals surface area (Å²) < 4.78 is 5.47. The first-order valence-electron chi connectivity index (χ1n) is 6.96. The van der Waals surface area contributed by atoms with E-state index in [0.717, 1.165) is 16.9 Å². The molecule has 0 radical (unpaired) electrons. The molecule has 0 fully saturated rings. The van der Waals surface area contributed by atoms with Crippen molar-refractivity contribution in [2.24, 2.45) is 5.10 Å². The summed E-state index contributed by atoms with van der Waals surface area (Å²) in [5.41, 5.74) is 3.25. The highest BCUT2D eigenvalue weighted by atomic mass is 32.1. The Morgan fingerprint density at radius 3 is 2.96 bits per heavy atom. The van der Waals surface area contributed by atoms with Crippen LogP contribution < -0.4 is 10.2 Å². The van der Waals surface area contributed by atoms with Gasteiger partial charge in [-0.1, -0.05) is 24.3 Å². The SMILES string of the molecule is C=CCc1ccccc1OCC(=O)N/N=C/c1cc([N+](=O)[O-])cs1. The van der Waals surface area contributed by atoms with Gasteiger partial charge in [0.05, 0.1) is 21.4 Å². The fraction of sp³-hybridized carbons (Fsp3) is 0.125. The number of ether oxygens (including phenoxy) is 1. The number of hydrogen-bond acceptors (Lipinski definition) is 6. The van der Waals surface area contributed by atoms with Crippen molar-refractivity contribution in [2.75, 3.05) is 6.61 Å². The molecule has 0 saturated carbocycles. The average molecular weight is 345 g/mol. The van der Waals surface area contributed by atoms with Crippen LogP contribution in [0.25, 0.3) is 0 Å². The lowest BCUT2D eigenvalue weighted by Gasteiger charge is -2.09. The molecule has 1 N–H and O–H groups in total. The van der Waals surface area contributed by atoms with Gasteiger partial charge in [-0.2, -0.15) is 5.10 Å². The van der Waals surface area contributed by atoms with E-state index in [-0.39, 0.29) is 12.3 Å². The van der Waals surface area contributed by atoms with Crippen molar-refractivity contribution >= 4 is 29.1 Å². The van der Waals surface area contributed by atoms with Crippen LogP contribution in [0.3, 0.4) is 0 Å². The maximum Gasteiger partial charge on any atom is 0.280 e. The molecule has 0 spiro atoms. The fourth-order valence-corrected chi connectivity index (χ4v) is 2.53. The van der Waals surface area contributed by atoms with Crippen molar-refractivity contribution in [3.63, 3.8) is 0 Å². The summed E-state index contributed by atoms with van der Waals surface area (Å²) >= 11 is 1.16. The highest BCUT2D eigenvalue weighted by Crippen LogP contribution is 2.19. The molecule has 0 aliphatic heterocycles. The zero-order chi connectivity index (χ0) is 17.4. The van der Waals surface area contributed by atoms with Crippen molar-refractivity contribution in [3.05, 3.63) is 68.9 Å². The molecule has 0 aliphatic carbocycles. The van der Waals surface area contributed by atoms with Gasteiger partial charge in [0.1, 0.15) is 5.75 Å². The van der Waals surface area contributed by atoms with Crippen LogP contribution in [0.5, 0.6) is 5.75 Å². The van der Waals surface area contributed by atoms with E-state index in [2.05, 4.69) is 17.1 Å². The highest BCUT2D eigenvalue weighted by Gasteiger charge is 2.08. The van der Waals surface area contributed by atoms with Crippen LogP contribution in [0.4, 0.5) is 5.69 Å². The number of allylic oxidation sites excluding steroid dienone is 1. The maximum absolute atomic E-state index is 11.7. The third-order valence-corrected chi connectivity index (χ3v) is 3.75. The smallest absolute Gasteiger partial charge is 0.280 e. The second-order valence-electron chi connectivity index (χ2n) is 4.65. The van der Waals surface area contributed by atoms with E-state index in [1.165, 1.54) is 17.7 Å². The number of benzene rings is 1. The van der Waals surface area contributed by atoms with E-state index >= 15 is 0 Å². The molecule has 0 bridgehead atoms. The zero-order valence-electron chi connectivity index (χ0n) is 12.7. The molecular weight excluding hydrogens is 330 g/mol. The second-order valence-corrected chi connectivity index (χ2v) is 5.59. The quantitative estimate of drug-likeness (QED) is 0.344. The number of hydrogen-bond donors (Lipinski definition) is 1. The number of para-hydroxylation sites is 1. The summed E-state index contributed by atoms with van der Waals surface area (Å²) in [5.74, 6) is 0.191. The van der Waals surface area contributed by atoms with E-state index in [1.54, 1.807) is 12.1 Å². The number of amides is 1. The summed E-state index contributed by atoms with van der Waals surface area (Å²) in [5, 5.41) is 15.7. The van der Waals surface area contributed by atoms with E-state index in [1.807, 2.05) is 18.2 Å². The standard InChI is InChI=1S/C16H15N3O4S/c1-2-5-12-6-3-4-7-15(12)23-10-16(20)18-17-9-14-8-13(11-24-14)19(21)22/h2-4,6-9,11H,1,5,10H2,(H,18,20)/b17-9+. The Bertz CT molecular complexity index is 770. The Hall–Kier alpha value is -3.00. The van der Waals surface area contributed by atoms with Gasteiger partial charge < -0.3 is 4.74 Å². The number of nitrogens with zero attached hydrogens (tertiary/aromatic N) is 2. The van der Waals surface area contributed by atoms with E-state index in [4.69, 9.17) is 4.74 Å². The van der Waals surface area contributed by atoms with Crippen LogP contribution in [0.15, 0.2) is 53.5 Å². The lowest BCUT2D eigenvalue weighted by Crippen LogP contribution is -2.24. The summed E-state index contributed by atoms with van der Waals surface area (Å²) in [6, 6.07) is 8.76. The number of thiophene rings is 1. The molecule has 0 unspecified atom stereocenters. The van der Waals surface area contributed by atoms with Crippen molar-refractivity contribution in [2.45, 2.75) is 6.42 Å². The minimum absolute atomic E-state index is 0.00469. The first kappa shape index (κ1) is 17.4. The minimum Gasteiger partial charge on any atom is -0.483 e. The largest absolute Gasteiger partial charge is 0.483 e. The molecule has 1 aromatic heterocycles. The van der Waals surface area contributed by atoms with Crippen LogP contribution in [-0.4, -0.2) is 23.7 Å². The minimum atomic E-state index is -0.485. The van der Waals surface area contributed by atoms with Gasteiger partial charge >= 0.3 is 0 Å². The van der Waals surface area contributed by atoms with Gasteiger partial charge in [0.2, 0.25) is 0 Å². The molecule has 124 valence electrons. The first-order chi connectivity index (χ1) is 11.6. The molecule has 1 amide bonds. The molecule has 1 aromatic carbocycles. The molecule has 7 nitrogen and oxygen atoms in total. The van der Waals surface area contributed by atoms with Crippen LogP contribution in [0.1, 0.15) is 10.4 Å². The number of carbonyl (C=O) groups is 1. The van der Waals surface area contributed by atoms with Gasteiger partial charge in [-0.15, -0.1) is 17.9 Å². The lowest BCUT2D eigenvalue weighted by atomic mass is 10.1. The molecule has 1 heterocycles. The third kappa shape index (κ3) is 5.03. The normalized spacial score (nSPS) is 10.5. The molecular formula is C16H15N3O4S. The van der Waals surface area contributed by atoms with Gasteiger partial charge in [0.15, 0.2) is 6.61 Å². The Labute approximate surface area is 142 Å². The number of nitrogens with one attached hydrogen (secondary N) is 1. The maximum atomic E-state index is 11.7. The van der Waals surface area contributed by atoms with Crippen LogP contribution in [0, 0.1) is 10.1 Å². The van der Waals surface area contributed by atoms with Gasteiger partial charge in [0, 0.05) is 6.07 Å². The summed E-state index contributed by atoms with van der Waals surface area (Å²) in [7, 11) is 0. The van der Waals surface area contributed by atoms with E-state index < -0.39 is 10.8 Å². The molecule has 8 heteroatoms. The van der Waals surface area contributed by atoms with E-state index in [9.17, 15) is 14.9 Å². The highest BCUT2D eigenvalue weighted by molar-refractivity contribution is 7.12. The summed E-state index contributed by atoms with van der Waals surface area (Å²) in [4.78, 5) is 22.4. The Balaban J connectivity index is 1.84. The fourth-order valence-electron chi connectivity index (χ4n) is 1.82. The molecule has 0 aliphatic rings. The third-order valence-electron chi connectivity index (χ3n) is 2.89. The number of carbonyl (C=O) groups excluding carboxylic acids is 1. The van der Waals surface area contributed by atoms with Crippen LogP contribution >= 0.6 is 11.3 Å². The zero-order valence-corrected chi connectivity index (χ0v) is 13.5. The van der Waals surface area contributed by atoms with Crippen molar-refractivity contribution in [1.29, 1.82) is 0 Å². The predicted octanol–water partition coefficient (Wildman–Crippen LogP) is 2.91. The number of nitro groups is 1. The van der Waals surface area contributed by atoms with Gasteiger partial charge in [-0.25, -0.2) is 5.43 Å². The Morgan fingerprint density at radius 2 is 2.25 bits per heavy atom. The second kappa shape index (κ2) is 8.59. The van der Waals surface area contributed by atoms with E-state index in [0.29, 0.717) is 17.0 Å². The van der Waals surface area contributed by atoms with Crippen molar-refractivity contribution in [3.8, 4) is 5.75 Å². The van der Waals surface area contributed by atoms with Crippen molar-refractivity contribution in [1.82, 2.24) is 5.43 Å². The van der Waals surface area contributed by atoms with Gasteiger partial charge in [-0.05, 0) is 18.1 Å². The molecule has 0 saturated heterocycles. The van der Waals surface area contributed by atoms with Crippen LogP contribution in [0.2, 0.25) is 0 Å². The van der Waals surface area contributed by atoms with Crippen LogP contribution in [-0.2, 0) is 11.2 Å². The monoisotopic (exact) mass is 345 g/mol. The predicted molar refractivity (Wildman–Crippen MR) is 92.5 cm³/mol. The lowest BCUT2D eigenvalue weighted by molar-refractivity contribution is -0.384. The Morgan fingerprint density at radius 1 is 1.46 bits per heavy atom. The molecule has 2 rings (SSSR count). The molecule has 0 atom stereocenters. The van der Waals surface area contributed by atoms with Gasteiger partial charge in [0.25, 0.3) is 11.6 Å². The average Bonchev–Trinajstić information content (AvgIpc) is 3.03. The summed E-state index contributed by atoms with van der Waals surface area (Å²) in [6.07, 6.45) is 3.75. The topological polar surface area (TPSA) is 93.8 Å². The first-order valence-corrected chi connectivity index (χ1v) is 7.84. The molecule has 24 heavy (non-hydrogen) atoms. The van der Waals surface area contributed by atoms with Crippen molar-refractivity contribution < 1.29 is 14.5 Å². The Kier molecular flexibility index (Phi) is 6.21.